The number of esters is 1. The zero-order valence-corrected chi connectivity index (χ0v) is 13.4. The smallest absolute Gasteiger partial charge is 0.310 e. The molecule has 0 unspecified atom stereocenters. The summed E-state index contributed by atoms with van der Waals surface area (Å²) in [4.78, 5) is 23.3. The fourth-order valence-corrected chi connectivity index (χ4v) is 2.27. The molecule has 0 radical (unpaired) electrons. The minimum Gasteiger partial charge on any atom is -0.455 e. The van der Waals surface area contributed by atoms with Gasteiger partial charge in [0, 0.05) is 9.26 Å². The van der Waals surface area contributed by atoms with Gasteiger partial charge in [-0.2, -0.15) is 0 Å². The molecule has 108 valence electrons. The summed E-state index contributed by atoms with van der Waals surface area (Å²) in [7, 11) is 0. The van der Waals surface area contributed by atoms with Crippen LogP contribution < -0.4 is 5.32 Å². The summed E-state index contributed by atoms with van der Waals surface area (Å²) in [6.07, 6.45) is 0.164. The molecule has 0 aromatic heterocycles. The molecule has 0 aliphatic carbocycles. The molecule has 2 aromatic rings. The van der Waals surface area contributed by atoms with E-state index in [2.05, 4.69) is 27.9 Å². The van der Waals surface area contributed by atoms with Gasteiger partial charge in [0.15, 0.2) is 6.61 Å². The molecule has 0 bridgehead atoms. The third-order valence-corrected chi connectivity index (χ3v) is 3.33. The molecule has 0 aliphatic rings. The second kappa shape index (κ2) is 7.78. The maximum Gasteiger partial charge on any atom is 0.310 e. The number of hydrogen-bond acceptors (Lipinski definition) is 3. The van der Waals surface area contributed by atoms with E-state index < -0.39 is 5.97 Å². The maximum absolute atomic E-state index is 11.7. The molecule has 1 N–H and O–H groups in total. The number of rotatable bonds is 5. The van der Waals surface area contributed by atoms with E-state index in [4.69, 9.17) is 4.74 Å². The zero-order chi connectivity index (χ0) is 15.1. The van der Waals surface area contributed by atoms with Crippen LogP contribution in [0, 0.1) is 3.57 Å². The van der Waals surface area contributed by atoms with Gasteiger partial charge in [-0.1, -0.05) is 36.4 Å². The first-order chi connectivity index (χ1) is 10.1. The van der Waals surface area contributed by atoms with Crippen LogP contribution >= 0.6 is 22.6 Å². The lowest BCUT2D eigenvalue weighted by atomic mass is 10.2. The molecule has 1 amide bonds. The summed E-state index contributed by atoms with van der Waals surface area (Å²) in [6.45, 7) is -0.281. The first-order valence-corrected chi connectivity index (χ1v) is 7.46. The minimum absolute atomic E-state index is 0.164. The lowest BCUT2D eigenvalue weighted by Crippen LogP contribution is -2.21. The van der Waals surface area contributed by atoms with E-state index in [1.807, 2.05) is 48.5 Å². The van der Waals surface area contributed by atoms with E-state index in [1.165, 1.54) is 0 Å². The van der Waals surface area contributed by atoms with Crippen molar-refractivity contribution < 1.29 is 14.3 Å². The van der Waals surface area contributed by atoms with Crippen LogP contribution in [0.5, 0.6) is 0 Å². The highest BCUT2D eigenvalue weighted by atomic mass is 127. The third kappa shape index (κ3) is 5.55. The molecule has 0 atom stereocenters. The van der Waals surface area contributed by atoms with E-state index in [9.17, 15) is 9.59 Å². The van der Waals surface area contributed by atoms with Gasteiger partial charge in [0.05, 0.1) is 6.42 Å². The Bertz CT molecular complexity index is 628. The summed E-state index contributed by atoms with van der Waals surface area (Å²) in [5.41, 5.74) is 1.55. The third-order valence-electron chi connectivity index (χ3n) is 2.66. The highest BCUT2D eigenvalue weighted by Crippen LogP contribution is 2.12. The Balaban J connectivity index is 1.77. The Morgan fingerprint density at radius 2 is 1.81 bits per heavy atom. The van der Waals surface area contributed by atoms with Crippen molar-refractivity contribution in [2.24, 2.45) is 0 Å². The highest BCUT2D eigenvalue weighted by molar-refractivity contribution is 14.1. The van der Waals surface area contributed by atoms with Gasteiger partial charge in [-0.05, 0) is 46.4 Å². The van der Waals surface area contributed by atoms with Crippen molar-refractivity contribution in [2.75, 3.05) is 11.9 Å². The van der Waals surface area contributed by atoms with E-state index in [1.54, 1.807) is 6.07 Å². The quantitative estimate of drug-likeness (QED) is 0.626. The number of ether oxygens (including phenoxy) is 1. The summed E-state index contributed by atoms with van der Waals surface area (Å²) >= 11 is 2.16. The van der Waals surface area contributed by atoms with Crippen LogP contribution in [0.25, 0.3) is 0 Å². The normalized spacial score (nSPS) is 9.95. The second-order valence-electron chi connectivity index (χ2n) is 4.38. The Kier molecular flexibility index (Phi) is 5.74. The predicted molar refractivity (Wildman–Crippen MR) is 88.9 cm³/mol. The second-order valence-corrected chi connectivity index (χ2v) is 5.63. The van der Waals surface area contributed by atoms with Crippen LogP contribution in [0.4, 0.5) is 5.69 Å². The molecule has 0 fully saturated rings. The summed E-state index contributed by atoms with van der Waals surface area (Å²) < 4.78 is 5.98. The predicted octanol–water partition coefficient (Wildman–Crippen LogP) is 3.02. The largest absolute Gasteiger partial charge is 0.455 e. The van der Waals surface area contributed by atoms with Crippen LogP contribution in [-0.4, -0.2) is 18.5 Å². The van der Waals surface area contributed by atoms with E-state index in [0.29, 0.717) is 5.69 Å². The minimum atomic E-state index is -0.418. The number of carbonyl (C=O) groups excluding carboxylic acids is 2. The maximum atomic E-state index is 11.7. The molecule has 0 saturated heterocycles. The summed E-state index contributed by atoms with van der Waals surface area (Å²) in [6, 6.07) is 16.7. The van der Waals surface area contributed by atoms with Gasteiger partial charge in [-0.3, -0.25) is 9.59 Å². The summed E-state index contributed by atoms with van der Waals surface area (Å²) in [5, 5.41) is 2.68. The Morgan fingerprint density at radius 3 is 2.52 bits per heavy atom. The first kappa shape index (κ1) is 15.5. The molecule has 2 rings (SSSR count). The molecule has 5 heteroatoms. The van der Waals surface area contributed by atoms with Crippen molar-refractivity contribution in [1.82, 2.24) is 0 Å². The van der Waals surface area contributed by atoms with E-state index in [0.717, 1.165) is 9.13 Å². The van der Waals surface area contributed by atoms with Crippen molar-refractivity contribution >= 4 is 40.2 Å². The van der Waals surface area contributed by atoms with Gasteiger partial charge in [-0.25, -0.2) is 0 Å². The van der Waals surface area contributed by atoms with Crippen LogP contribution in [0.3, 0.4) is 0 Å². The topological polar surface area (TPSA) is 55.4 Å². The number of benzene rings is 2. The molecule has 2 aromatic carbocycles. The lowest BCUT2D eigenvalue weighted by Gasteiger charge is -2.07. The SMILES string of the molecule is O=C(COC(=O)Cc1ccccc1)Nc1cccc(I)c1. The zero-order valence-electron chi connectivity index (χ0n) is 11.2. The van der Waals surface area contributed by atoms with Gasteiger partial charge in [0.25, 0.3) is 5.91 Å². The molecular weight excluding hydrogens is 381 g/mol. The van der Waals surface area contributed by atoms with Crippen molar-refractivity contribution in [3.63, 3.8) is 0 Å². The fourth-order valence-electron chi connectivity index (χ4n) is 1.72. The van der Waals surface area contributed by atoms with Crippen molar-refractivity contribution in [1.29, 1.82) is 0 Å². The van der Waals surface area contributed by atoms with Gasteiger partial charge in [0.2, 0.25) is 0 Å². The standard InChI is InChI=1S/C16H14INO3/c17-13-7-4-8-14(10-13)18-15(19)11-21-16(20)9-12-5-2-1-3-6-12/h1-8,10H,9,11H2,(H,18,19). The van der Waals surface area contributed by atoms with Crippen molar-refractivity contribution in [3.05, 3.63) is 63.7 Å². The number of amides is 1. The average molecular weight is 395 g/mol. The van der Waals surface area contributed by atoms with Gasteiger partial charge >= 0.3 is 5.97 Å². The van der Waals surface area contributed by atoms with Crippen LogP contribution in [0.15, 0.2) is 54.6 Å². The number of anilines is 1. The lowest BCUT2D eigenvalue weighted by molar-refractivity contribution is -0.146. The Hall–Kier alpha value is -1.89. The van der Waals surface area contributed by atoms with Crippen molar-refractivity contribution in [2.45, 2.75) is 6.42 Å². The van der Waals surface area contributed by atoms with Crippen LogP contribution in [-0.2, 0) is 20.7 Å². The van der Waals surface area contributed by atoms with Crippen LogP contribution in [0.1, 0.15) is 5.56 Å². The number of halogens is 1. The molecule has 0 spiro atoms. The number of nitrogens with one attached hydrogen (secondary N) is 1. The van der Waals surface area contributed by atoms with Crippen molar-refractivity contribution in [3.8, 4) is 0 Å². The molecular formula is C16H14INO3. The fraction of sp³-hybridized carbons (Fsp3) is 0.125. The first-order valence-electron chi connectivity index (χ1n) is 6.38. The molecule has 4 nitrogen and oxygen atoms in total. The molecule has 0 aliphatic heterocycles. The number of hydrogen-bond donors (Lipinski definition) is 1. The molecule has 21 heavy (non-hydrogen) atoms. The highest BCUT2D eigenvalue weighted by Gasteiger charge is 2.08. The van der Waals surface area contributed by atoms with Gasteiger partial charge in [0.1, 0.15) is 0 Å². The summed E-state index contributed by atoms with van der Waals surface area (Å²) in [5.74, 6) is -0.766. The van der Waals surface area contributed by atoms with Gasteiger partial charge < -0.3 is 10.1 Å². The van der Waals surface area contributed by atoms with E-state index >= 15 is 0 Å². The Morgan fingerprint density at radius 1 is 1.05 bits per heavy atom. The average Bonchev–Trinajstić information content (AvgIpc) is 2.46. The van der Waals surface area contributed by atoms with Crippen LogP contribution in [0.2, 0.25) is 0 Å². The monoisotopic (exact) mass is 395 g/mol. The molecule has 0 heterocycles. The Labute approximate surface area is 136 Å². The number of carbonyl (C=O) groups is 2. The van der Waals surface area contributed by atoms with E-state index in [-0.39, 0.29) is 18.9 Å². The molecule has 0 saturated carbocycles. The van der Waals surface area contributed by atoms with Gasteiger partial charge in [-0.15, -0.1) is 0 Å².